The second kappa shape index (κ2) is 9.87. The van der Waals surface area contributed by atoms with Crippen LogP contribution in [0.2, 0.25) is 0 Å². The van der Waals surface area contributed by atoms with Crippen molar-refractivity contribution in [3.63, 3.8) is 0 Å². The van der Waals surface area contributed by atoms with Crippen molar-refractivity contribution in [1.82, 2.24) is 20.2 Å². The number of urea groups is 1. The Hall–Kier alpha value is -4.00. The number of ether oxygens (including phenoxy) is 2. The number of benzene rings is 3. The molecule has 0 fully saturated rings. The summed E-state index contributed by atoms with van der Waals surface area (Å²) in [5.74, 6) is 1.48. The molecule has 0 aliphatic carbocycles. The Labute approximate surface area is 198 Å². The summed E-state index contributed by atoms with van der Waals surface area (Å²) in [5, 5.41) is 5.93. The summed E-state index contributed by atoms with van der Waals surface area (Å²) < 4.78 is 13.6. The lowest BCUT2D eigenvalue weighted by Gasteiger charge is -2.17. The number of fused-ring (bicyclic) bond motifs is 2. The van der Waals surface area contributed by atoms with Crippen molar-refractivity contribution >= 4 is 17.1 Å². The molecule has 0 saturated carbocycles. The quantitative estimate of drug-likeness (QED) is 0.437. The number of amides is 2. The monoisotopic (exact) mass is 456 g/mol. The Morgan fingerprint density at radius 2 is 1.76 bits per heavy atom. The first-order valence-corrected chi connectivity index (χ1v) is 11.6. The largest absolute Gasteiger partial charge is 0.490 e. The van der Waals surface area contributed by atoms with Gasteiger partial charge in [-0.3, -0.25) is 0 Å². The van der Waals surface area contributed by atoms with Crippen molar-refractivity contribution in [2.45, 2.75) is 32.5 Å². The number of hydrogen-bond acceptors (Lipinski definition) is 4. The van der Waals surface area contributed by atoms with Gasteiger partial charge in [-0.1, -0.05) is 42.5 Å². The zero-order valence-electron chi connectivity index (χ0n) is 19.2. The van der Waals surface area contributed by atoms with Gasteiger partial charge in [0.25, 0.3) is 0 Å². The number of aromatic nitrogens is 2. The van der Waals surface area contributed by atoms with Gasteiger partial charge in [-0.15, -0.1) is 0 Å². The van der Waals surface area contributed by atoms with Gasteiger partial charge in [0.05, 0.1) is 36.6 Å². The first-order valence-electron chi connectivity index (χ1n) is 11.6. The molecule has 2 heterocycles. The van der Waals surface area contributed by atoms with E-state index < -0.39 is 0 Å². The Bertz CT molecular complexity index is 1280. The molecule has 1 aliphatic heterocycles. The highest BCUT2D eigenvalue weighted by Crippen LogP contribution is 2.32. The van der Waals surface area contributed by atoms with Crippen molar-refractivity contribution in [3.8, 4) is 11.5 Å². The fraction of sp³-hybridized carbons (Fsp3) is 0.259. The molecule has 1 unspecified atom stereocenters. The molecule has 1 aromatic heterocycles. The number of nitrogens with zero attached hydrogens (tertiary/aromatic N) is 2. The fourth-order valence-electron chi connectivity index (χ4n) is 4.06. The average Bonchev–Trinajstić information content (AvgIpc) is 3.11. The number of rotatable bonds is 6. The molecule has 3 aromatic carbocycles. The van der Waals surface area contributed by atoms with Gasteiger partial charge in [0.1, 0.15) is 0 Å². The van der Waals surface area contributed by atoms with E-state index >= 15 is 0 Å². The maximum absolute atomic E-state index is 12.5. The van der Waals surface area contributed by atoms with Crippen LogP contribution in [0.5, 0.6) is 11.5 Å². The number of nitrogens with one attached hydrogen (secondary N) is 2. The third-order valence-electron chi connectivity index (χ3n) is 5.98. The Balaban J connectivity index is 1.14. The van der Waals surface area contributed by atoms with E-state index in [1.807, 2.05) is 61.8 Å². The first-order chi connectivity index (χ1) is 16.7. The van der Waals surface area contributed by atoms with Crippen LogP contribution < -0.4 is 20.1 Å². The highest BCUT2D eigenvalue weighted by molar-refractivity contribution is 5.75. The molecule has 2 amide bonds. The van der Waals surface area contributed by atoms with Gasteiger partial charge in [0.2, 0.25) is 0 Å². The third-order valence-corrected chi connectivity index (χ3v) is 5.98. The number of para-hydroxylation sites is 2. The lowest BCUT2D eigenvalue weighted by atomic mass is 10.1. The van der Waals surface area contributed by atoms with Crippen molar-refractivity contribution < 1.29 is 14.3 Å². The predicted octanol–water partition coefficient (Wildman–Crippen LogP) is 4.81. The molecule has 2 N–H and O–H groups in total. The minimum absolute atomic E-state index is 0.162. The lowest BCUT2D eigenvalue weighted by Crippen LogP contribution is -2.36. The van der Waals surface area contributed by atoms with Crippen LogP contribution in [-0.4, -0.2) is 28.8 Å². The van der Waals surface area contributed by atoms with Crippen LogP contribution in [0.25, 0.3) is 11.0 Å². The molecule has 7 heteroatoms. The van der Waals surface area contributed by atoms with E-state index in [9.17, 15) is 4.79 Å². The third kappa shape index (κ3) is 4.98. The van der Waals surface area contributed by atoms with E-state index in [-0.39, 0.29) is 12.1 Å². The smallest absolute Gasteiger partial charge is 0.315 e. The molecule has 0 spiro atoms. The molecule has 7 nitrogen and oxygen atoms in total. The average molecular weight is 457 g/mol. The van der Waals surface area contributed by atoms with Crippen LogP contribution >= 0.6 is 0 Å². The first kappa shape index (κ1) is 21.8. The van der Waals surface area contributed by atoms with Crippen molar-refractivity contribution in [2.75, 3.05) is 13.2 Å². The highest BCUT2D eigenvalue weighted by atomic mass is 16.5. The molecule has 1 atom stereocenters. The van der Waals surface area contributed by atoms with E-state index in [1.165, 1.54) is 5.56 Å². The van der Waals surface area contributed by atoms with Crippen molar-refractivity contribution in [2.24, 2.45) is 0 Å². The molecule has 1 aliphatic rings. The summed E-state index contributed by atoms with van der Waals surface area (Å²) in [4.78, 5) is 16.9. The summed E-state index contributed by atoms with van der Waals surface area (Å²) >= 11 is 0. The van der Waals surface area contributed by atoms with Crippen molar-refractivity contribution in [3.05, 3.63) is 89.7 Å². The summed E-state index contributed by atoms with van der Waals surface area (Å²) in [5.41, 5.74) is 5.30. The van der Waals surface area contributed by atoms with Gasteiger partial charge in [-0.25, -0.2) is 9.78 Å². The Morgan fingerprint density at radius 1 is 1.00 bits per heavy atom. The minimum Gasteiger partial charge on any atom is -0.490 e. The second-order valence-corrected chi connectivity index (χ2v) is 8.48. The maximum Gasteiger partial charge on any atom is 0.315 e. The van der Waals surface area contributed by atoms with E-state index in [0.29, 0.717) is 19.8 Å². The van der Waals surface area contributed by atoms with E-state index in [1.54, 1.807) is 0 Å². The topological polar surface area (TPSA) is 77.4 Å². The van der Waals surface area contributed by atoms with Gasteiger partial charge in [0.15, 0.2) is 11.5 Å². The molecule has 4 aromatic rings. The zero-order chi connectivity index (χ0) is 23.3. The normalized spacial score (nSPS) is 13.8. The maximum atomic E-state index is 12.5. The number of carbonyl (C=O) groups excluding carboxylic acids is 1. The summed E-state index contributed by atoms with van der Waals surface area (Å²) in [6.07, 6.45) is 2.73. The van der Waals surface area contributed by atoms with Crippen LogP contribution in [0.4, 0.5) is 4.79 Å². The molecular formula is C27H28N4O3. The molecular weight excluding hydrogens is 428 g/mol. The number of carbonyl (C=O) groups is 1. The van der Waals surface area contributed by atoms with Gasteiger partial charge in [0, 0.05) is 19.5 Å². The summed E-state index contributed by atoms with van der Waals surface area (Å²) in [6, 6.07) is 21.8. The Morgan fingerprint density at radius 3 is 2.62 bits per heavy atom. The SMILES string of the molecule is CC(NC(=O)NCc1ccc(Cn2cnc3ccccc32)cc1)c1ccc2c(c1)OCCCO2. The number of imidazole rings is 1. The minimum atomic E-state index is -0.214. The Kier molecular flexibility index (Phi) is 6.33. The lowest BCUT2D eigenvalue weighted by molar-refractivity contribution is 0.237. The van der Waals surface area contributed by atoms with Crippen LogP contribution in [0.15, 0.2) is 73.1 Å². The molecule has 34 heavy (non-hydrogen) atoms. The van der Waals surface area contributed by atoms with Crippen LogP contribution in [-0.2, 0) is 13.1 Å². The molecule has 5 rings (SSSR count). The fourth-order valence-corrected chi connectivity index (χ4v) is 4.06. The van der Waals surface area contributed by atoms with Gasteiger partial charge in [-0.05, 0) is 47.9 Å². The van der Waals surface area contributed by atoms with Crippen LogP contribution in [0.3, 0.4) is 0 Å². The standard InChI is InChI=1S/C27H28N4O3/c1-19(22-11-12-25-26(15-22)34-14-4-13-33-25)30-27(32)28-16-20-7-9-21(10-8-20)17-31-18-29-23-5-2-3-6-24(23)31/h2-3,5-12,15,18-19H,4,13-14,16-17H2,1H3,(H2,28,30,32). The molecule has 0 bridgehead atoms. The van der Waals surface area contributed by atoms with E-state index in [4.69, 9.17) is 9.47 Å². The van der Waals surface area contributed by atoms with Gasteiger partial charge >= 0.3 is 6.03 Å². The van der Waals surface area contributed by atoms with E-state index in [0.717, 1.165) is 46.6 Å². The van der Waals surface area contributed by atoms with E-state index in [2.05, 4.69) is 38.4 Å². The van der Waals surface area contributed by atoms with Crippen LogP contribution in [0.1, 0.15) is 36.1 Å². The van der Waals surface area contributed by atoms with Gasteiger partial charge < -0.3 is 24.7 Å². The van der Waals surface area contributed by atoms with Gasteiger partial charge in [-0.2, -0.15) is 0 Å². The molecule has 0 radical (unpaired) electrons. The second-order valence-electron chi connectivity index (χ2n) is 8.48. The summed E-state index contributed by atoms with van der Waals surface area (Å²) in [7, 11) is 0. The zero-order valence-corrected chi connectivity index (χ0v) is 19.2. The molecule has 0 saturated heterocycles. The predicted molar refractivity (Wildman–Crippen MR) is 131 cm³/mol. The highest BCUT2D eigenvalue weighted by Gasteiger charge is 2.15. The molecule has 174 valence electrons. The number of hydrogen-bond donors (Lipinski definition) is 2. The van der Waals surface area contributed by atoms with Crippen molar-refractivity contribution in [1.29, 1.82) is 0 Å². The van der Waals surface area contributed by atoms with Crippen LogP contribution in [0, 0.1) is 0 Å². The summed E-state index contributed by atoms with van der Waals surface area (Å²) in [6.45, 7) is 4.45.